The summed E-state index contributed by atoms with van der Waals surface area (Å²) in [7, 11) is 10.1. The molecule has 0 fully saturated rings. The molecule has 5 aromatic carbocycles. The van der Waals surface area contributed by atoms with Crippen LogP contribution in [-0.4, -0.2) is 79.6 Å². The van der Waals surface area contributed by atoms with E-state index in [1.807, 2.05) is 96.1 Å². The van der Waals surface area contributed by atoms with E-state index < -0.39 is 0 Å². The van der Waals surface area contributed by atoms with Crippen LogP contribution in [0.25, 0.3) is 0 Å². The molecule has 0 amide bonds. The van der Waals surface area contributed by atoms with E-state index in [2.05, 4.69) is 28.4 Å². The second kappa shape index (κ2) is 35.6. The van der Waals surface area contributed by atoms with Crippen LogP contribution in [0, 0.1) is 27.7 Å². The summed E-state index contributed by atoms with van der Waals surface area (Å²) in [5, 5.41) is 0. The van der Waals surface area contributed by atoms with Crippen molar-refractivity contribution in [2.75, 3.05) is 49.8 Å². The van der Waals surface area contributed by atoms with E-state index in [1.54, 1.807) is 87.0 Å². The van der Waals surface area contributed by atoms with Crippen molar-refractivity contribution < 1.29 is 52.4 Å². The highest BCUT2D eigenvalue weighted by atomic mass is 16.5. The smallest absolute Gasteiger partial charge is 0.337 e. The number of rotatable bonds is 5. The lowest BCUT2D eigenvalue weighted by Gasteiger charge is -1.97. The van der Waals surface area contributed by atoms with Crippen molar-refractivity contribution in [1.29, 1.82) is 0 Å². The molecule has 0 aromatic heterocycles. The van der Waals surface area contributed by atoms with Crippen LogP contribution in [0.15, 0.2) is 127 Å². The number of methoxy groups -OCH3 is 6. The Bertz CT molecular complexity index is 1660. The third-order valence-electron chi connectivity index (χ3n) is 7.09. The third-order valence-corrected chi connectivity index (χ3v) is 7.09. The normalized spacial score (nSPS) is 8.68. The van der Waals surface area contributed by atoms with Gasteiger partial charge in [-0.15, -0.1) is 0 Å². The molecule has 0 aliphatic rings. The zero-order chi connectivity index (χ0) is 45.2. The predicted octanol–water partition coefficient (Wildman–Crippen LogP) is 10.5. The summed E-state index contributed by atoms with van der Waals surface area (Å²) in [4.78, 5) is 54.4. The lowest BCUT2D eigenvalue weighted by atomic mass is 10.2. The number of esters is 5. The van der Waals surface area contributed by atoms with Crippen molar-refractivity contribution in [2.24, 2.45) is 0 Å². The van der Waals surface area contributed by atoms with Gasteiger partial charge in [0.1, 0.15) is 0 Å². The van der Waals surface area contributed by atoms with E-state index in [4.69, 9.17) is 0 Å². The molecule has 0 N–H and O–H groups in total. The molecule has 11 heteroatoms. The molecule has 5 aromatic rings. The quantitative estimate of drug-likeness (QED) is 0.123. The average Bonchev–Trinajstić information content (AvgIpc) is 3.28. The van der Waals surface area contributed by atoms with Gasteiger partial charge in [0.05, 0.1) is 63.4 Å². The lowest BCUT2D eigenvalue weighted by molar-refractivity contribution is 0.0592. The first-order chi connectivity index (χ1) is 28.2. The van der Waals surface area contributed by atoms with Gasteiger partial charge in [-0.3, -0.25) is 0 Å². The van der Waals surface area contributed by atoms with Gasteiger partial charge in [-0.05, 0) is 88.4 Å². The Morgan fingerprint density at radius 3 is 0.600 bits per heavy atom. The van der Waals surface area contributed by atoms with Crippen LogP contribution >= 0.6 is 0 Å². The van der Waals surface area contributed by atoms with E-state index in [0.717, 1.165) is 22.3 Å². The molecular weight excluding hydrogens is 765 g/mol. The molecule has 11 nitrogen and oxygen atoms in total. The van der Waals surface area contributed by atoms with Crippen LogP contribution in [0.4, 0.5) is 0 Å². The maximum absolute atomic E-state index is 10.9. The molecule has 0 aliphatic heterocycles. The summed E-state index contributed by atoms with van der Waals surface area (Å²) >= 11 is 0. The summed E-state index contributed by atoms with van der Waals surface area (Å²) in [5.74, 6) is -1.44. The molecule has 0 saturated carbocycles. The molecular formula is C49H64O11. The van der Waals surface area contributed by atoms with Crippen LogP contribution in [0.5, 0.6) is 0 Å². The SMILES string of the molecule is C.CC.COC.COC(=O)c1ccc(C)cc1.COC(=O)c1ccc(C)cc1.COC(=O)c1ccc(C)cc1.COC(=O)c1ccc(C)cc1.COC(=O)c1ccccc1. The van der Waals surface area contributed by atoms with E-state index in [0.29, 0.717) is 27.8 Å². The number of hydrogen-bond donors (Lipinski definition) is 0. The van der Waals surface area contributed by atoms with Gasteiger partial charge in [0.25, 0.3) is 0 Å². The van der Waals surface area contributed by atoms with Crippen molar-refractivity contribution in [1.82, 2.24) is 0 Å². The Hall–Kier alpha value is -6.59. The average molecular weight is 829 g/mol. The molecule has 0 heterocycles. The molecule has 5 rings (SSSR count). The van der Waals surface area contributed by atoms with Gasteiger partial charge in [0.15, 0.2) is 0 Å². The van der Waals surface area contributed by atoms with Crippen LogP contribution in [-0.2, 0) is 28.4 Å². The predicted molar refractivity (Wildman–Crippen MR) is 239 cm³/mol. The summed E-state index contributed by atoms with van der Waals surface area (Å²) in [6.07, 6.45) is 0. The van der Waals surface area contributed by atoms with Gasteiger partial charge in [0, 0.05) is 14.2 Å². The first-order valence-corrected chi connectivity index (χ1v) is 18.3. The number of benzene rings is 5. The zero-order valence-corrected chi connectivity index (χ0v) is 36.6. The highest BCUT2D eigenvalue weighted by Crippen LogP contribution is 2.06. The summed E-state index contributed by atoms with van der Waals surface area (Å²) in [6, 6.07) is 37.9. The van der Waals surface area contributed by atoms with E-state index in [1.165, 1.54) is 35.5 Å². The highest BCUT2D eigenvalue weighted by Gasteiger charge is 2.05. The minimum atomic E-state index is -0.291. The van der Waals surface area contributed by atoms with Crippen molar-refractivity contribution >= 4 is 29.8 Å². The molecule has 0 bridgehead atoms. The molecule has 0 aliphatic carbocycles. The Morgan fingerprint density at radius 1 is 0.300 bits per heavy atom. The monoisotopic (exact) mass is 828 g/mol. The minimum absolute atomic E-state index is 0. The fraction of sp³-hybridized carbons (Fsp3) is 0.286. The largest absolute Gasteiger partial charge is 0.465 e. The molecule has 60 heavy (non-hydrogen) atoms. The van der Waals surface area contributed by atoms with Gasteiger partial charge in [-0.25, -0.2) is 24.0 Å². The Morgan fingerprint density at radius 2 is 0.450 bits per heavy atom. The molecule has 0 saturated heterocycles. The van der Waals surface area contributed by atoms with Gasteiger partial charge in [-0.1, -0.05) is 110 Å². The topological polar surface area (TPSA) is 141 Å². The highest BCUT2D eigenvalue weighted by molar-refractivity contribution is 5.91. The van der Waals surface area contributed by atoms with E-state index in [9.17, 15) is 24.0 Å². The zero-order valence-electron chi connectivity index (χ0n) is 36.6. The van der Waals surface area contributed by atoms with Crippen molar-refractivity contribution in [3.63, 3.8) is 0 Å². The molecule has 326 valence electrons. The summed E-state index contributed by atoms with van der Waals surface area (Å²) in [5.41, 5.74) is 7.52. The molecule has 0 spiro atoms. The number of carbonyl (C=O) groups is 5. The lowest BCUT2D eigenvalue weighted by Crippen LogP contribution is -2.00. The van der Waals surface area contributed by atoms with Crippen LogP contribution < -0.4 is 0 Å². The second-order valence-corrected chi connectivity index (χ2v) is 11.7. The third kappa shape index (κ3) is 25.6. The van der Waals surface area contributed by atoms with Gasteiger partial charge >= 0.3 is 29.8 Å². The van der Waals surface area contributed by atoms with E-state index >= 15 is 0 Å². The number of hydrogen-bond acceptors (Lipinski definition) is 11. The molecule has 0 radical (unpaired) electrons. The van der Waals surface area contributed by atoms with Crippen molar-refractivity contribution in [3.8, 4) is 0 Å². The van der Waals surface area contributed by atoms with E-state index in [-0.39, 0.29) is 37.3 Å². The molecule has 0 unspecified atom stereocenters. The maximum Gasteiger partial charge on any atom is 0.337 e. The standard InChI is InChI=1S/4C9H10O2.C8H8O2.C2H6O.C2H6.CH4/c4*1-7-3-5-8(6-4-7)9(10)11-2;1-10-8(9)7-5-3-2-4-6-7;1-3-2;1-2;/h4*3-6H,1-2H3;2-6H,1H3;1-2H3;1-2H3;1H4. The number of aryl methyl sites for hydroxylation is 4. The van der Waals surface area contributed by atoms with Crippen molar-refractivity contribution in [2.45, 2.75) is 49.0 Å². The van der Waals surface area contributed by atoms with Crippen LogP contribution in [0.3, 0.4) is 0 Å². The summed E-state index contributed by atoms with van der Waals surface area (Å²) < 4.78 is 26.9. The fourth-order valence-corrected chi connectivity index (χ4v) is 3.92. The van der Waals surface area contributed by atoms with Gasteiger partial charge in [0.2, 0.25) is 0 Å². The van der Waals surface area contributed by atoms with Crippen LogP contribution in [0.2, 0.25) is 0 Å². The number of ether oxygens (including phenoxy) is 6. The molecule has 0 atom stereocenters. The Balaban J connectivity index is -0.000000656. The maximum atomic E-state index is 10.9. The Kier molecular flexibility index (Phi) is 34.2. The Labute approximate surface area is 357 Å². The van der Waals surface area contributed by atoms with Gasteiger partial charge < -0.3 is 28.4 Å². The van der Waals surface area contributed by atoms with Crippen molar-refractivity contribution in [3.05, 3.63) is 177 Å². The van der Waals surface area contributed by atoms with Gasteiger partial charge in [-0.2, -0.15) is 0 Å². The summed E-state index contributed by atoms with van der Waals surface area (Å²) in [6.45, 7) is 11.9. The second-order valence-electron chi connectivity index (χ2n) is 11.7. The fourth-order valence-electron chi connectivity index (χ4n) is 3.92. The first-order valence-electron chi connectivity index (χ1n) is 18.3. The van der Waals surface area contributed by atoms with Crippen LogP contribution in [0.1, 0.15) is 95.3 Å². The first kappa shape index (κ1) is 57.7. The minimum Gasteiger partial charge on any atom is -0.465 e. The number of carbonyl (C=O) groups excluding carboxylic acids is 5.